The van der Waals surface area contributed by atoms with Crippen molar-refractivity contribution in [3.63, 3.8) is 0 Å². The summed E-state index contributed by atoms with van der Waals surface area (Å²) in [5.41, 5.74) is 1.74. The Morgan fingerprint density at radius 3 is 2.82 bits per heavy atom. The fourth-order valence-corrected chi connectivity index (χ4v) is 2.83. The van der Waals surface area contributed by atoms with Gasteiger partial charge in [-0.15, -0.1) is 0 Å². The maximum atomic E-state index is 5.76. The van der Waals surface area contributed by atoms with Gasteiger partial charge >= 0.3 is 0 Å². The van der Waals surface area contributed by atoms with E-state index in [0.29, 0.717) is 23.8 Å². The minimum atomic E-state index is 0.410. The molecule has 0 saturated carbocycles. The minimum Gasteiger partial charge on any atom is -0.494 e. The highest BCUT2D eigenvalue weighted by molar-refractivity contribution is 7.71. The lowest BCUT2D eigenvalue weighted by Crippen LogP contribution is -1.99. The van der Waals surface area contributed by atoms with E-state index in [1.54, 1.807) is 10.9 Å². The summed E-state index contributed by atoms with van der Waals surface area (Å²) in [4.78, 5) is 0. The molecule has 3 rings (SSSR count). The molecule has 0 bridgehead atoms. The largest absolute Gasteiger partial charge is 0.494 e. The van der Waals surface area contributed by atoms with Gasteiger partial charge < -0.3 is 9.47 Å². The quantitative estimate of drug-likeness (QED) is 0.312. The molecule has 7 heteroatoms. The number of aromatic amines is 1. The minimum absolute atomic E-state index is 0.410. The van der Waals surface area contributed by atoms with Gasteiger partial charge in [-0.2, -0.15) is 14.9 Å². The van der Waals surface area contributed by atoms with Crippen LogP contribution in [0, 0.1) is 4.77 Å². The Morgan fingerprint density at radius 2 is 2.00 bits per heavy atom. The lowest BCUT2D eigenvalue weighted by atomic mass is 10.2. The van der Waals surface area contributed by atoms with Crippen molar-refractivity contribution in [2.45, 2.75) is 26.7 Å². The van der Waals surface area contributed by atoms with Crippen molar-refractivity contribution in [3.8, 4) is 22.9 Å². The smallest absolute Gasteiger partial charge is 0.216 e. The normalized spacial score (nSPS) is 11.1. The summed E-state index contributed by atoms with van der Waals surface area (Å²) < 4.78 is 13.5. The lowest BCUT2D eigenvalue weighted by molar-refractivity contribution is 0.309. The SMILES string of the molecule is CCCCOc1cccc(/C=N\n2c(-c3ccccc3OCC)n[nH]c2=S)c1. The molecule has 0 radical (unpaired) electrons. The number of nitrogens with one attached hydrogen (secondary N) is 1. The summed E-state index contributed by atoms with van der Waals surface area (Å²) in [6.45, 7) is 5.36. The summed E-state index contributed by atoms with van der Waals surface area (Å²) in [5, 5.41) is 11.7. The molecule has 1 aromatic heterocycles. The van der Waals surface area contributed by atoms with Gasteiger partial charge in [-0.05, 0) is 55.4 Å². The molecule has 0 saturated heterocycles. The number of hydrogen-bond donors (Lipinski definition) is 1. The Balaban J connectivity index is 1.87. The van der Waals surface area contributed by atoms with Crippen molar-refractivity contribution in [1.29, 1.82) is 0 Å². The van der Waals surface area contributed by atoms with Crippen LogP contribution in [0.3, 0.4) is 0 Å². The van der Waals surface area contributed by atoms with Gasteiger partial charge in [-0.3, -0.25) is 0 Å². The summed E-state index contributed by atoms with van der Waals surface area (Å²) >= 11 is 5.36. The van der Waals surface area contributed by atoms with E-state index in [1.165, 1.54) is 0 Å². The van der Waals surface area contributed by atoms with Crippen LogP contribution in [0.25, 0.3) is 11.4 Å². The zero-order valence-electron chi connectivity index (χ0n) is 16.1. The van der Waals surface area contributed by atoms with E-state index in [-0.39, 0.29) is 0 Å². The number of aromatic nitrogens is 3. The number of hydrogen-bond acceptors (Lipinski definition) is 5. The Hall–Kier alpha value is -2.93. The van der Waals surface area contributed by atoms with E-state index in [2.05, 4.69) is 22.2 Å². The first-order valence-electron chi connectivity index (χ1n) is 9.39. The molecule has 1 N–H and O–H groups in total. The second-order valence-electron chi connectivity index (χ2n) is 6.11. The predicted octanol–water partition coefficient (Wildman–Crippen LogP) is 5.07. The molecule has 3 aromatic rings. The number of unbranched alkanes of at least 4 members (excludes halogenated alkanes) is 1. The van der Waals surface area contributed by atoms with Gasteiger partial charge in [-0.1, -0.05) is 37.6 Å². The predicted molar refractivity (Wildman–Crippen MR) is 114 cm³/mol. The Bertz CT molecular complexity index is 994. The molecule has 2 aromatic carbocycles. The molecule has 146 valence electrons. The van der Waals surface area contributed by atoms with Gasteiger partial charge in [0.2, 0.25) is 4.77 Å². The maximum Gasteiger partial charge on any atom is 0.216 e. The first-order chi connectivity index (χ1) is 13.7. The van der Waals surface area contributed by atoms with Gasteiger partial charge in [-0.25, -0.2) is 5.10 Å². The van der Waals surface area contributed by atoms with Crippen molar-refractivity contribution < 1.29 is 9.47 Å². The third kappa shape index (κ3) is 4.86. The maximum absolute atomic E-state index is 5.76. The fourth-order valence-electron chi connectivity index (χ4n) is 2.65. The van der Waals surface area contributed by atoms with E-state index in [9.17, 15) is 0 Å². The molecule has 28 heavy (non-hydrogen) atoms. The van der Waals surface area contributed by atoms with Crippen LogP contribution in [-0.4, -0.2) is 34.3 Å². The van der Waals surface area contributed by atoms with Crippen molar-refractivity contribution in [2.24, 2.45) is 5.10 Å². The van der Waals surface area contributed by atoms with E-state index in [4.69, 9.17) is 21.7 Å². The van der Waals surface area contributed by atoms with Crippen LogP contribution < -0.4 is 9.47 Å². The van der Waals surface area contributed by atoms with E-state index in [0.717, 1.165) is 35.5 Å². The molecular weight excluding hydrogens is 372 g/mol. The molecule has 6 nitrogen and oxygen atoms in total. The molecular formula is C21H24N4O2S. The molecule has 0 aliphatic heterocycles. The number of benzene rings is 2. The standard InChI is InChI=1S/C21H24N4O2S/c1-3-5-13-27-17-10-8-9-16(14-17)15-22-25-20(23-24-21(25)28)18-11-6-7-12-19(18)26-4-2/h6-12,14-15H,3-5,13H2,1-2H3,(H,24,28)/b22-15-. The number of nitrogens with zero attached hydrogens (tertiary/aromatic N) is 3. The van der Waals surface area contributed by atoms with Crippen molar-refractivity contribution in [3.05, 3.63) is 58.9 Å². The third-order valence-electron chi connectivity index (χ3n) is 4.03. The zero-order valence-corrected chi connectivity index (χ0v) is 16.9. The van der Waals surface area contributed by atoms with E-state index < -0.39 is 0 Å². The molecule has 1 heterocycles. The average molecular weight is 397 g/mol. The molecule has 0 unspecified atom stereocenters. The van der Waals surface area contributed by atoms with Crippen molar-refractivity contribution in [2.75, 3.05) is 13.2 Å². The highest BCUT2D eigenvalue weighted by atomic mass is 32.1. The fraction of sp³-hybridized carbons (Fsp3) is 0.286. The Kier molecular flexibility index (Phi) is 6.97. The van der Waals surface area contributed by atoms with Crippen LogP contribution in [0.15, 0.2) is 53.6 Å². The first kappa shape index (κ1) is 19.8. The van der Waals surface area contributed by atoms with Gasteiger partial charge in [0, 0.05) is 0 Å². The molecule has 0 spiro atoms. The summed E-state index contributed by atoms with van der Waals surface area (Å²) in [7, 11) is 0. The van der Waals surface area contributed by atoms with E-state index in [1.807, 2.05) is 55.5 Å². The first-order valence-corrected chi connectivity index (χ1v) is 9.80. The second kappa shape index (κ2) is 9.85. The molecule has 0 fully saturated rings. The number of rotatable bonds is 9. The Labute approximate surface area is 169 Å². The van der Waals surface area contributed by atoms with E-state index >= 15 is 0 Å². The molecule has 0 aliphatic rings. The Morgan fingerprint density at radius 1 is 1.14 bits per heavy atom. The summed E-state index contributed by atoms with van der Waals surface area (Å²) in [6, 6.07) is 15.5. The van der Waals surface area contributed by atoms with Gasteiger partial charge in [0.1, 0.15) is 11.5 Å². The van der Waals surface area contributed by atoms with Crippen LogP contribution in [0.1, 0.15) is 32.3 Å². The zero-order chi connectivity index (χ0) is 19.8. The second-order valence-corrected chi connectivity index (χ2v) is 6.50. The lowest BCUT2D eigenvalue weighted by Gasteiger charge is -2.09. The van der Waals surface area contributed by atoms with Crippen LogP contribution in [0.5, 0.6) is 11.5 Å². The van der Waals surface area contributed by atoms with Gasteiger partial charge in [0.05, 0.1) is 25.0 Å². The third-order valence-corrected chi connectivity index (χ3v) is 4.29. The van der Waals surface area contributed by atoms with Crippen molar-refractivity contribution >= 4 is 18.4 Å². The van der Waals surface area contributed by atoms with Crippen LogP contribution in [0.2, 0.25) is 0 Å². The van der Waals surface area contributed by atoms with Crippen LogP contribution in [-0.2, 0) is 0 Å². The summed E-state index contributed by atoms with van der Waals surface area (Å²) in [6.07, 6.45) is 3.88. The number of para-hydroxylation sites is 1. The highest BCUT2D eigenvalue weighted by Gasteiger charge is 2.13. The van der Waals surface area contributed by atoms with Crippen LogP contribution in [0.4, 0.5) is 0 Å². The number of H-pyrrole nitrogens is 1. The molecule has 0 atom stereocenters. The summed E-state index contributed by atoms with van der Waals surface area (Å²) in [5.74, 6) is 2.16. The average Bonchev–Trinajstić information content (AvgIpc) is 3.08. The molecule has 0 aliphatic carbocycles. The van der Waals surface area contributed by atoms with Gasteiger partial charge in [0.15, 0.2) is 5.82 Å². The molecule has 0 amide bonds. The van der Waals surface area contributed by atoms with Gasteiger partial charge in [0.25, 0.3) is 0 Å². The topological polar surface area (TPSA) is 64.4 Å². The number of ether oxygens (including phenoxy) is 2. The highest BCUT2D eigenvalue weighted by Crippen LogP contribution is 2.28. The van der Waals surface area contributed by atoms with Crippen molar-refractivity contribution in [1.82, 2.24) is 14.9 Å². The van der Waals surface area contributed by atoms with Crippen LogP contribution >= 0.6 is 12.2 Å². The monoisotopic (exact) mass is 396 g/mol.